The van der Waals surface area contributed by atoms with Gasteiger partial charge in [-0.2, -0.15) is 0 Å². The van der Waals surface area contributed by atoms with Gasteiger partial charge in [0.2, 0.25) is 0 Å². The van der Waals surface area contributed by atoms with Gasteiger partial charge in [-0.05, 0) is 219 Å². The first-order valence-corrected chi connectivity index (χ1v) is 30.3. The van der Waals surface area contributed by atoms with E-state index in [2.05, 4.69) is 20.8 Å². The second kappa shape index (κ2) is 31.1. The molecule has 6 bridgehead atoms. The molecule has 0 aliphatic heterocycles. The molecule has 9 rings (SSSR count). The molecule has 0 spiro atoms. The summed E-state index contributed by atoms with van der Waals surface area (Å²) in [5.41, 5.74) is -1.63. The molecule has 80 heavy (non-hydrogen) atoms. The molecule has 0 aromatic rings. The first-order chi connectivity index (χ1) is 35.0. The largest absolute Gasteiger partial charge is 0.462 e. The van der Waals surface area contributed by atoms with Gasteiger partial charge in [-0.15, -0.1) is 0 Å². The number of esters is 6. The first kappa shape index (κ1) is 74.8. The molecular weight excluding hydrogens is 1010 g/mol. The van der Waals surface area contributed by atoms with E-state index in [1.807, 2.05) is 55.4 Å². The molecule has 12 nitrogen and oxygen atoms in total. The van der Waals surface area contributed by atoms with E-state index in [9.17, 15) is 28.8 Å². The number of hydrogen-bond acceptors (Lipinski definition) is 12. The van der Waals surface area contributed by atoms with E-state index < -0.39 is 10.8 Å². The van der Waals surface area contributed by atoms with E-state index in [0.29, 0.717) is 17.8 Å². The quantitative estimate of drug-likeness (QED) is 0.100. The number of rotatable bonds is 17. The van der Waals surface area contributed by atoms with E-state index in [1.165, 1.54) is 6.42 Å². The van der Waals surface area contributed by atoms with Crippen LogP contribution >= 0.6 is 0 Å². The van der Waals surface area contributed by atoms with E-state index in [1.54, 1.807) is 0 Å². The fraction of sp³-hybridized carbons (Fsp3) is 0.912. The summed E-state index contributed by atoms with van der Waals surface area (Å²) in [5.74, 6) is 1.25. The summed E-state index contributed by atoms with van der Waals surface area (Å²) in [5, 5.41) is 0. The minimum Gasteiger partial charge on any atom is -0.462 e. The van der Waals surface area contributed by atoms with Crippen LogP contribution in [-0.2, 0) is 57.2 Å². The molecule has 0 aromatic heterocycles. The maximum atomic E-state index is 12.9. The van der Waals surface area contributed by atoms with Crippen molar-refractivity contribution in [1.29, 1.82) is 0 Å². The van der Waals surface area contributed by atoms with E-state index in [0.717, 1.165) is 167 Å². The molecule has 12 heteroatoms. The summed E-state index contributed by atoms with van der Waals surface area (Å²) in [7, 11) is 0. The van der Waals surface area contributed by atoms with Crippen molar-refractivity contribution >= 4 is 35.8 Å². The third-order valence-corrected chi connectivity index (χ3v) is 21.0. The Morgan fingerprint density at radius 2 is 0.750 bits per heavy atom. The number of fused-ring (bicyclic) bond motifs is 6. The highest BCUT2D eigenvalue weighted by atomic mass is 16.6. The molecule has 9 fully saturated rings. The topological polar surface area (TPSA) is 158 Å². The Balaban J connectivity index is 0.000000578. The first-order valence-electron chi connectivity index (χ1n) is 30.3. The Labute approximate surface area is 490 Å². The maximum Gasteiger partial charge on any atom is 0.311 e. The Kier molecular flexibility index (Phi) is 29.1. The highest BCUT2D eigenvalue weighted by molar-refractivity contribution is 5.78. The fourth-order valence-electron chi connectivity index (χ4n) is 14.8. The second-order valence-corrected chi connectivity index (χ2v) is 26.9. The van der Waals surface area contributed by atoms with Crippen LogP contribution in [0.2, 0.25) is 0 Å². The predicted molar refractivity (Wildman–Crippen MR) is 323 cm³/mol. The Morgan fingerprint density at radius 1 is 0.438 bits per heavy atom. The van der Waals surface area contributed by atoms with Crippen molar-refractivity contribution in [1.82, 2.24) is 0 Å². The maximum absolute atomic E-state index is 12.9. The van der Waals surface area contributed by atoms with Crippen LogP contribution in [0.25, 0.3) is 0 Å². The van der Waals surface area contributed by atoms with Gasteiger partial charge in [-0.1, -0.05) is 92.5 Å². The molecule has 9 aliphatic rings. The molecule has 0 heterocycles. The molecule has 9 saturated carbocycles. The molecule has 0 saturated heterocycles. The van der Waals surface area contributed by atoms with Crippen LogP contribution in [-0.4, -0.2) is 70.9 Å². The monoisotopic (exact) mass is 1130 g/mol. The van der Waals surface area contributed by atoms with Gasteiger partial charge in [0, 0.05) is 17.8 Å². The Hall–Kier alpha value is -3.18. The molecule has 0 aromatic carbocycles. The predicted octanol–water partition coefficient (Wildman–Crippen LogP) is 17.4. The summed E-state index contributed by atoms with van der Waals surface area (Å²) in [6.45, 7) is 22.0. The lowest BCUT2D eigenvalue weighted by Gasteiger charge is -2.38. The van der Waals surface area contributed by atoms with Gasteiger partial charge in [0.25, 0.3) is 0 Å². The SMILES string of the molecule is C.C.C.C.C.C.CCC(C)(C)C(=O)OC1CC2CC(C(=O)OC3(C)CCCC3)C1C2.CCC(C)C(=O)OC1CC2CC(C(=O)OC3(CC)CCCCC3)C1C2.CCC1(OC(=O)C2CC3CC(OC(=O)C(C)(C)CC)C2C3)CCCC1. The van der Waals surface area contributed by atoms with Crippen molar-refractivity contribution in [2.75, 3.05) is 0 Å². The molecular formula is C68H124O12. The minimum atomic E-state index is -0.450. The molecule has 0 N–H and O–H groups in total. The second-order valence-electron chi connectivity index (χ2n) is 26.9. The Bertz CT molecular complexity index is 1950. The van der Waals surface area contributed by atoms with Gasteiger partial charge >= 0.3 is 35.8 Å². The molecule has 468 valence electrons. The number of carbonyl (C=O) groups excluding carboxylic acids is 6. The van der Waals surface area contributed by atoms with Gasteiger partial charge < -0.3 is 28.4 Å². The lowest BCUT2D eigenvalue weighted by molar-refractivity contribution is -0.176. The minimum absolute atomic E-state index is 0. The van der Waals surface area contributed by atoms with Crippen LogP contribution in [0, 0.1) is 70.0 Å². The Morgan fingerprint density at radius 3 is 1.06 bits per heavy atom. The number of hydrogen-bond donors (Lipinski definition) is 0. The van der Waals surface area contributed by atoms with Gasteiger partial charge in [0.15, 0.2) is 0 Å². The fourth-order valence-corrected chi connectivity index (χ4v) is 14.8. The van der Waals surface area contributed by atoms with Crippen molar-refractivity contribution in [3.8, 4) is 0 Å². The normalized spacial score (nSPS) is 31.5. The summed E-state index contributed by atoms with van der Waals surface area (Å²) < 4.78 is 35.5. The molecule has 9 aliphatic carbocycles. The van der Waals surface area contributed by atoms with E-state index in [-0.39, 0.29) is 157 Å². The highest BCUT2D eigenvalue weighted by Gasteiger charge is 2.56. The van der Waals surface area contributed by atoms with Crippen LogP contribution in [0.5, 0.6) is 0 Å². The van der Waals surface area contributed by atoms with Gasteiger partial charge in [-0.25, -0.2) is 0 Å². The van der Waals surface area contributed by atoms with Gasteiger partial charge in [0.05, 0.1) is 34.5 Å². The highest BCUT2D eigenvalue weighted by Crippen LogP contribution is 2.54. The average Bonchev–Trinajstić information content (AvgIpc) is 4.26. The zero-order valence-corrected chi connectivity index (χ0v) is 48.0. The zero-order chi connectivity index (χ0) is 53.8. The summed E-state index contributed by atoms with van der Waals surface area (Å²) >= 11 is 0. The lowest BCUT2D eigenvalue weighted by atomic mass is 9.82. The smallest absolute Gasteiger partial charge is 0.311 e. The average molecular weight is 1130 g/mol. The summed E-state index contributed by atoms with van der Waals surface area (Å²) in [6.07, 6.45) is 26.5. The van der Waals surface area contributed by atoms with Crippen molar-refractivity contribution in [3.05, 3.63) is 0 Å². The molecule has 0 amide bonds. The van der Waals surface area contributed by atoms with Crippen molar-refractivity contribution < 1.29 is 57.2 Å². The van der Waals surface area contributed by atoms with Gasteiger partial charge in [0.1, 0.15) is 35.1 Å². The third-order valence-electron chi connectivity index (χ3n) is 21.0. The van der Waals surface area contributed by atoms with Crippen LogP contribution < -0.4 is 0 Å². The standard InChI is InChI=1S/2C21H34O4.C20H32O4.6CH4/c1-5-20(3,4)19(23)24-17-13-14-11-15(17)16(12-14)18(22)25-21(6-2)9-7-8-10-21;1-4-14(3)19(22)24-18-13-15-11-16(18)17(12-15)20(23)25-21(5-2)9-7-6-8-10-21;1-5-19(2,3)18(22)23-16-12-13-10-14(16)15(11-13)17(21)24-20(4)8-6-7-9-20;;;;;;/h14-17H,5-13H2,1-4H3;14-18H,4-13H2,1-3H3;13-16H,5-12H2,1-4H3;6*1H4. The van der Waals surface area contributed by atoms with Crippen molar-refractivity contribution in [2.45, 2.75) is 329 Å². The summed E-state index contributed by atoms with van der Waals surface area (Å²) in [4.78, 5) is 75.5. The van der Waals surface area contributed by atoms with Crippen LogP contribution in [0.4, 0.5) is 0 Å². The molecule has 0 radical (unpaired) electrons. The van der Waals surface area contributed by atoms with Crippen LogP contribution in [0.1, 0.15) is 294 Å². The third kappa shape index (κ3) is 17.2. The van der Waals surface area contributed by atoms with Gasteiger partial charge in [-0.3, -0.25) is 28.8 Å². The zero-order valence-electron chi connectivity index (χ0n) is 48.0. The van der Waals surface area contributed by atoms with Crippen LogP contribution in [0.15, 0.2) is 0 Å². The lowest BCUT2D eigenvalue weighted by Crippen LogP contribution is -2.41. The van der Waals surface area contributed by atoms with Crippen molar-refractivity contribution in [3.63, 3.8) is 0 Å². The van der Waals surface area contributed by atoms with E-state index in [4.69, 9.17) is 28.4 Å². The number of carbonyl (C=O) groups is 6. The summed E-state index contributed by atoms with van der Waals surface area (Å²) in [6, 6.07) is 0. The van der Waals surface area contributed by atoms with E-state index >= 15 is 0 Å². The molecule has 13 atom stereocenters. The van der Waals surface area contributed by atoms with Crippen LogP contribution in [0.3, 0.4) is 0 Å². The number of ether oxygens (including phenoxy) is 6. The molecule has 13 unspecified atom stereocenters. The van der Waals surface area contributed by atoms with Crippen molar-refractivity contribution in [2.24, 2.45) is 70.0 Å².